The smallest absolute Gasteiger partial charge is 0.274 e. The highest BCUT2D eigenvalue weighted by atomic mass is 19.1. The molecule has 0 bridgehead atoms. The summed E-state index contributed by atoms with van der Waals surface area (Å²) in [5.74, 6) is -0.154. The Bertz CT molecular complexity index is 873. The summed E-state index contributed by atoms with van der Waals surface area (Å²) in [6.07, 6.45) is 2.35. The molecular formula is C17H16FN3O2. The molecule has 2 heterocycles. The number of imidazole rings is 1. The Morgan fingerprint density at radius 3 is 2.87 bits per heavy atom. The predicted molar refractivity (Wildman–Crippen MR) is 85.5 cm³/mol. The van der Waals surface area contributed by atoms with Gasteiger partial charge in [0.2, 0.25) is 0 Å². The van der Waals surface area contributed by atoms with Crippen molar-refractivity contribution in [3.8, 4) is 5.75 Å². The molecule has 3 aromatic rings. The number of carbonyl (C=O) groups excluding carboxylic acids is 1. The summed E-state index contributed by atoms with van der Waals surface area (Å²) >= 11 is 0. The van der Waals surface area contributed by atoms with E-state index in [0.29, 0.717) is 34.9 Å². The summed E-state index contributed by atoms with van der Waals surface area (Å²) in [5.41, 5.74) is 2.06. The standard InChI is InChI=1S/C17H16FN3O2/c1-3-13-15(17(22)19-12-7-4-6-11(18)10-12)21-9-5-8-14(23-2)16(21)20-13/h4-10H,3H2,1-2H3,(H,19,22). The molecule has 0 atom stereocenters. The van der Waals surface area contributed by atoms with E-state index in [9.17, 15) is 9.18 Å². The van der Waals surface area contributed by atoms with Gasteiger partial charge >= 0.3 is 0 Å². The fourth-order valence-electron chi connectivity index (χ4n) is 2.49. The Labute approximate surface area is 132 Å². The van der Waals surface area contributed by atoms with Gasteiger partial charge in [-0.25, -0.2) is 9.37 Å². The number of halogens is 1. The number of hydrogen-bond donors (Lipinski definition) is 1. The number of methoxy groups -OCH3 is 1. The van der Waals surface area contributed by atoms with Gasteiger partial charge in [-0.05, 0) is 36.8 Å². The first-order valence-electron chi connectivity index (χ1n) is 7.25. The van der Waals surface area contributed by atoms with Crippen molar-refractivity contribution in [1.82, 2.24) is 9.38 Å². The Morgan fingerprint density at radius 2 is 2.17 bits per heavy atom. The highest BCUT2D eigenvalue weighted by molar-refractivity contribution is 6.04. The lowest BCUT2D eigenvalue weighted by molar-refractivity contribution is 0.102. The number of nitrogens with zero attached hydrogens (tertiary/aromatic N) is 2. The van der Waals surface area contributed by atoms with E-state index < -0.39 is 5.82 Å². The van der Waals surface area contributed by atoms with Gasteiger partial charge in [-0.1, -0.05) is 13.0 Å². The van der Waals surface area contributed by atoms with E-state index in [-0.39, 0.29) is 5.91 Å². The third-order valence-corrected chi connectivity index (χ3v) is 3.54. The molecule has 6 heteroatoms. The van der Waals surface area contributed by atoms with Crippen LogP contribution in [0.5, 0.6) is 5.75 Å². The van der Waals surface area contributed by atoms with Crippen molar-refractivity contribution in [2.45, 2.75) is 13.3 Å². The van der Waals surface area contributed by atoms with Crippen LogP contribution in [0.2, 0.25) is 0 Å². The monoisotopic (exact) mass is 313 g/mol. The molecule has 23 heavy (non-hydrogen) atoms. The molecule has 0 fully saturated rings. The fraction of sp³-hybridized carbons (Fsp3) is 0.176. The number of amides is 1. The first-order valence-corrected chi connectivity index (χ1v) is 7.25. The zero-order chi connectivity index (χ0) is 16.4. The van der Waals surface area contributed by atoms with E-state index >= 15 is 0 Å². The van der Waals surface area contributed by atoms with Gasteiger partial charge in [0.1, 0.15) is 11.5 Å². The number of anilines is 1. The number of fused-ring (bicyclic) bond motifs is 1. The molecule has 0 aliphatic heterocycles. The molecular weight excluding hydrogens is 297 g/mol. The maximum absolute atomic E-state index is 13.3. The van der Waals surface area contributed by atoms with Crippen molar-refractivity contribution >= 4 is 17.2 Å². The van der Waals surface area contributed by atoms with E-state index in [1.807, 2.05) is 6.92 Å². The average Bonchev–Trinajstić information content (AvgIpc) is 2.93. The molecule has 0 aliphatic carbocycles. The van der Waals surface area contributed by atoms with Gasteiger partial charge in [-0.3, -0.25) is 9.20 Å². The molecule has 0 saturated heterocycles. The summed E-state index contributed by atoms with van der Waals surface area (Å²) in [4.78, 5) is 17.1. The molecule has 0 spiro atoms. The summed E-state index contributed by atoms with van der Waals surface area (Å²) in [5, 5.41) is 2.71. The van der Waals surface area contributed by atoms with Crippen LogP contribution in [0.15, 0.2) is 42.6 Å². The summed E-state index contributed by atoms with van der Waals surface area (Å²) in [6, 6.07) is 9.35. The average molecular weight is 313 g/mol. The molecule has 5 nitrogen and oxygen atoms in total. The van der Waals surface area contributed by atoms with Gasteiger partial charge in [-0.2, -0.15) is 0 Å². The number of nitrogens with one attached hydrogen (secondary N) is 1. The first-order chi connectivity index (χ1) is 11.1. The largest absolute Gasteiger partial charge is 0.493 e. The summed E-state index contributed by atoms with van der Waals surface area (Å²) < 4.78 is 20.2. The van der Waals surface area contributed by atoms with Crippen LogP contribution in [0.25, 0.3) is 5.65 Å². The lowest BCUT2D eigenvalue weighted by atomic mass is 10.2. The van der Waals surface area contributed by atoms with Gasteiger partial charge in [-0.15, -0.1) is 0 Å². The maximum atomic E-state index is 13.3. The minimum absolute atomic E-state index is 0.340. The van der Waals surface area contributed by atoms with Gasteiger partial charge in [0.05, 0.1) is 12.8 Å². The zero-order valence-corrected chi connectivity index (χ0v) is 12.8. The molecule has 0 aliphatic rings. The minimum Gasteiger partial charge on any atom is -0.493 e. The second-order valence-electron chi connectivity index (χ2n) is 5.00. The molecule has 2 aromatic heterocycles. The molecule has 1 N–H and O–H groups in total. The Balaban J connectivity index is 2.06. The zero-order valence-electron chi connectivity index (χ0n) is 12.8. The SMILES string of the molecule is CCc1nc2c(OC)cccn2c1C(=O)Nc1cccc(F)c1. The predicted octanol–water partition coefficient (Wildman–Crippen LogP) is 3.30. The van der Waals surface area contributed by atoms with E-state index in [1.54, 1.807) is 42.0 Å². The molecule has 118 valence electrons. The lowest BCUT2D eigenvalue weighted by Crippen LogP contribution is -2.16. The van der Waals surface area contributed by atoms with E-state index in [1.165, 1.54) is 12.1 Å². The Morgan fingerprint density at radius 1 is 1.35 bits per heavy atom. The Kier molecular flexibility index (Phi) is 3.97. The van der Waals surface area contributed by atoms with Crippen LogP contribution < -0.4 is 10.1 Å². The first kappa shape index (κ1) is 15.0. The number of pyridine rings is 1. The maximum Gasteiger partial charge on any atom is 0.274 e. The fourth-order valence-corrected chi connectivity index (χ4v) is 2.49. The topological polar surface area (TPSA) is 55.6 Å². The number of carbonyl (C=O) groups is 1. The van der Waals surface area contributed by atoms with E-state index in [2.05, 4.69) is 10.3 Å². The number of benzene rings is 1. The number of ether oxygens (including phenoxy) is 1. The van der Waals surface area contributed by atoms with Crippen molar-refractivity contribution in [1.29, 1.82) is 0 Å². The second kappa shape index (κ2) is 6.08. The van der Waals surface area contributed by atoms with Crippen LogP contribution in [0.4, 0.5) is 10.1 Å². The van der Waals surface area contributed by atoms with E-state index in [0.717, 1.165) is 0 Å². The van der Waals surface area contributed by atoms with Crippen LogP contribution in [0, 0.1) is 5.82 Å². The molecule has 0 saturated carbocycles. The van der Waals surface area contributed by atoms with Gasteiger partial charge < -0.3 is 10.1 Å². The third-order valence-electron chi connectivity index (χ3n) is 3.54. The number of hydrogen-bond acceptors (Lipinski definition) is 3. The van der Waals surface area contributed by atoms with E-state index in [4.69, 9.17) is 4.74 Å². The quantitative estimate of drug-likeness (QED) is 0.804. The third kappa shape index (κ3) is 2.75. The van der Waals surface area contributed by atoms with Crippen LogP contribution in [-0.2, 0) is 6.42 Å². The van der Waals surface area contributed by atoms with Gasteiger partial charge in [0.15, 0.2) is 11.4 Å². The number of rotatable bonds is 4. The van der Waals surface area contributed by atoms with Crippen LogP contribution in [-0.4, -0.2) is 22.4 Å². The van der Waals surface area contributed by atoms with Crippen molar-refractivity contribution in [2.24, 2.45) is 0 Å². The summed E-state index contributed by atoms with van der Waals surface area (Å²) in [7, 11) is 1.56. The van der Waals surface area contributed by atoms with Crippen molar-refractivity contribution in [3.63, 3.8) is 0 Å². The normalized spacial score (nSPS) is 10.7. The van der Waals surface area contributed by atoms with Crippen molar-refractivity contribution < 1.29 is 13.9 Å². The number of aryl methyl sites for hydroxylation is 1. The summed E-state index contributed by atoms with van der Waals surface area (Å²) in [6.45, 7) is 1.92. The minimum atomic E-state index is -0.404. The lowest BCUT2D eigenvalue weighted by Gasteiger charge is -2.07. The molecule has 1 aromatic carbocycles. The van der Waals surface area contributed by atoms with Crippen molar-refractivity contribution in [2.75, 3.05) is 12.4 Å². The van der Waals surface area contributed by atoms with Crippen molar-refractivity contribution in [3.05, 3.63) is 59.8 Å². The molecule has 0 radical (unpaired) electrons. The number of aromatic nitrogens is 2. The van der Waals surface area contributed by atoms with Crippen LogP contribution >= 0.6 is 0 Å². The highest BCUT2D eigenvalue weighted by Crippen LogP contribution is 2.23. The second-order valence-corrected chi connectivity index (χ2v) is 5.00. The van der Waals surface area contributed by atoms with Gasteiger partial charge in [0.25, 0.3) is 5.91 Å². The molecule has 1 amide bonds. The highest BCUT2D eigenvalue weighted by Gasteiger charge is 2.20. The van der Waals surface area contributed by atoms with Gasteiger partial charge in [0, 0.05) is 11.9 Å². The Hall–Kier alpha value is -2.89. The van der Waals surface area contributed by atoms with Crippen LogP contribution in [0.3, 0.4) is 0 Å². The van der Waals surface area contributed by atoms with Crippen LogP contribution in [0.1, 0.15) is 23.1 Å². The molecule has 0 unspecified atom stereocenters. The molecule has 3 rings (SSSR count).